The van der Waals surface area contributed by atoms with Crippen LogP contribution in [0, 0.1) is 12.7 Å². The molecule has 0 spiro atoms. The first kappa shape index (κ1) is 14.2. The Bertz CT molecular complexity index is 460. The summed E-state index contributed by atoms with van der Waals surface area (Å²) in [6.45, 7) is 3.80. The molecule has 0 heterocycles. The molecule has 1 aromatic rings. The van der Waals surface area contributed by atoms with Gasteiger partial charge in [0.05, 0.1) is 12.1 Å². The minimum Gasteiger partial charge on any atom is -0.355 e. The van der Waals surface area contributed by atoms with Crippen LogP contribution in [0.4, 0.5) is 4.39 Å². The van der Waals surface area contributed by atoms with Crippen molar-refractivity contribution in [1.82, 2.24) is 10.2 Å². The van der Waals surface area contributed by atoms with Crippen LogP contribution >= 0.6 is 0 Å². The topological polar surface area (TPSA) is 49.4 Å². The summed E-state index contributed by atoms with van der Waals surface area (Å²) in [7, 11) is 1.47. The van der Waals surface area contributed by atoms with Gasteiger partial charge in [0.15, 0.2) is 0 Å². The molecule has 18 heavy (non-hydrogen) atoms. The number of rotatable bonds is 4. The molecular weight excluding hydrogens is 235 g/mol. The summed E-state index contributed by atoms with van der Waals surface area (Å²) >= 11 is 0. The van der Waals surface area contributed by atoms with E-state index in [-0.39, 0.29) is 18.0 Å². The first-order chi connectivity index (χ1) is 8.47. The Labute approximate surface area is 106 Å². The Morgan fingerprint density at radius 3 is 2.67 bits per heavy atom. The van der Waals surface area contributed by atoms with Gasteiger partial charge in [-0.15, -0.1) is 0 Å². The van der Waals surface area contributed by atoms with E-state index in [2.05, 4.69) is 5.32 Å². The second-order valence-corrected chi connectivity index (χ2v) is 4.05. The van der Waals surface area contributed by atoms with Gasteiger partial charge >= 0.3 is 0 Å². The molecule has 98 valence electrons. The Morgan fingerprint density at radius 2 is 2.06 bits per heavy atom. The number of nitrogens with zero attached hydrogens (tertiary/aromatic N) is 1. The maximum Gasteiger partial charge on any atom is 0.257 e. The van der Waals surface area contributed by atoms with Crippen LogP contribution in [0.15, 0.2) is 18.2 Å². The van der Waals surface area contributed by atoms with Gasteiger partial charge in [-0.3, -0.25) is 9.59 Å². The van der Waals surface area contributed by atoms with E-state index in [4.69, 9.17) is 0 Å². The molecule has 1 N–H and O–H groups in total. The van der Waals surface area contributed by atoms with Crippen LogP contribution in [0.3, 0.4) is 0 Å². The molecule has 0 fully saturated rings. The zero-order valence-electron chi connectivity index (χ0n) is 10.8. The number of carbonyl (C=O) groups is 2. The van der Waals surface area contributed by atoms with Crippen molar-refractivity contribution in [3.05, 3.63) is 35.1 Å². The Hall–Kier alpha value is -1.91. The fourth-order valence-electron chi connectivity index (χ4n) is 1.56. The Morgan fingerprint density at radius 1 is 1.39 bits per heavy atom. The fourth-order valence-corrected chi connectivity index (χ4v) is 1.56. The van der Waals surface area contributed by atoms with Crippen molar-refractivity contribution in [1.29, 1.82) is 0 Å². The number of aryl methyl sites for hydroxylation is 1. The van der Waals surface area contributed by atoms with Crippen LogP contribution in [0.5, 0.6) is 0 Å². The van der Waals surface area contributed by atoms with Gasteiger partial charge in [-0.1, -0.05) is 12.1 Å². The highest BCUT2D eigenvalue weighted by Gasteiger charge is 2.18. The highest BCUT2D eigenvalue weighted by molar-refractivity contribution is 5.96. The molecule has 0 aromatic heterocycles. The number of likely N-dealkylation sites (N-methyl/N-ethyl adjacent to an activating group) is 2. The minimum absolute atomic E-state index is 0.0122. The number of benzene rings is 1. The summed E-state index contributed by atoms with van der Waals surface area (Å²) in [5.74, 6) is -1.30. The van der Waals surface area contributed by atoms with Crippen molar-refractivity contribution in [3.63, 3.8) is 0 Å². The highest BCUT2D eigenvalue weighted by atomic mass is 19.1. The largest absolute Gasteiger partial charge is 0.355 e. The molecule has 1 aromatic carbocycles. The maximum atomic E-state index is 13.7. The second-order valence-electron chi connectivity index (χ2n) is 4.05. The standard InChI is InChI=1S/C13H17FN2O2/c1-4-15-11(17)8-16(3)13(18)10-7-5-6-9(2)12(10)14/h5-7H,4,8H2,1-3H3,(H,15,17). The van der Waals surface area contributed by atoms with Gasteiger partial charge in [0.2, 0.25) is 5.91 Å². The zero-order chi connectivity index (χ0) is 13.7. The summed E-state index contributed by atoms with van der Waals surface area (Å²) < 4.78 is 13.7. The van der Waals surface area contributed by atoms with Crippen LogP contribution in [-0.2, 0) is 4.79 Å². The van der Waals surface area contributed by atoms with Crippen molar-refractivity contribution < 1.29 is 14.0 Å². The predicted molar refractivity (Wildman–Crippen MR) is 66.8 cm³/mol. The van der Waals surface area contributed by atoms with Crippen molar-refractivity contribution in [2.45, 2.75) is 13.8 Å². The van der Waals surface area contributed by atoms with E-state index in [1.54, 1.807) is 26.0 Å². The zero-order valence-corrected chi connectivity index (χ0v) is 10.8. The normalized spacial score (nSPS) is 10.0. The maximum absolute atomic E-state index is 13.7. The first-order valence-electron chi connectivity index (χ1n) is 5.74. The summed E-state index contributed by atoms with van der Waals surface area (Å²) in [5.41, 5.74) is 0.397. The number of carbonyl (C=O) groups excluding carboxylic acids is 2. The van der Waals surface area contributed by atoms with Crippen LogP contribution in [0.25, 0.3) is 0 Å². The van der Waals surface area contributed by atoms with E-state index >= 15 is 0 Å². The molecule has 2 amide bonds. The summed E-state index contributed by atoms with van der Waals surface area (Å²) in [4.78, 5) is 24.5. The van der Waals surface area contributed by atoms with Gasteiger partial charge in [-0.2, -0.15) is 0 Å². The molecule has 0 aliphatic heterocycles. The lowest BCUT2D eigenvalue weighted by Gasteiger charge is -2.17. The third kappa shape index (κ3) is 3.29. The number of halogens is 1. The quantitative estimate of drug-likeness (QED) is 0.879. The summed E-state index contributed by atoms with van der Waals surface area (Å²) in [5, 5.41) is 2.58. The average Bonchev–Trinajstić information content (AvgIpc) is 2.32. The molecule has 0 aliphatic rings. The van der Waals surface area contributed by atoms with Crippen LogP contribution in [0.2, 0.25) is 0 Å². The van der Waals surface area contributed by atoms with Crippen molar-refractivity contribution in [3.8, 4) is 0 Å². The van der Waals surface area contributed by atoms with Gasteiger partial charge in [0, 0.05) is 13.6 Å². The molecule has 0 aliphatic carbocycles. The SMILES string of the molecule is CCNC(=O)CN(C)C(=O)c1cccc(C)c1F. The van der Waals surface area contributed by atoms with Crippen molar-refractivity contribution in [2.75, 3.05) is 20.1 Å². The van der Waals surface area contributed by atoms with E-state index in [1.807, 2.05) is 0 Å². The van der Waals surface area contributed by atoms with E-state index in [0.717, 1.165) is 0 Å². The summed E-state index contributed by atoms with van der Waals surface area (Å²) in [6, 6.07) is 4.63. The lowest BCUT2D eigenvalue weighted by molar-refractivity contribution is -0.121. The van der Waals surface area contributed by atoms with Crippen LogP contribution in [0.1, 0.15) is 22.8 Å². The fraction of sp³-hybridized carbons (Fsp3) is 0.385. The van der Waals surface area contributed by atoms with Crippen LogP contribution < -0.4 is 5.32 Å². The van der Waals surface area contributed by atoms with E-state index in [0.29, 0.717) is 12.1 Å². The number of hydrogen-bond donors (Lipinski definition) is 1. The van der Waals surface area contributed by atoms with Gasteiger partial charge in [0.1, 0.15) is 5.82 Å². The molecule has 0 saturated carbocycles. The lowest BCUT2D eigenvalue weighted by atomic mass is 10.1. The second kappa shape index (κ2) is 6.14. The molecule has 0 atom stereocenters. The van der Waals surface area contributed by atoms with Gasteiger partial charge < -0.3 is 10.2 Å². The van der Waals surface area contributed by atoms with Gasteiger partial charge in [0.25, 0.3) is 5.91 Å². The molecular formula is C13H17FN2O2. The van der Waals surface area contributed by atoms with Crippen molar-refractivity contribution >= 4 is 11.8 Å². The number of nitrogens with one attached hydrogen (secondary N) is 1. The van der Waals surface area contributed by atoms with E-state index in [1.165, 1.54) is 18.0 Å². The molecule has 0 bridgehead atoms. The lowest BCUT2D eigenvalue weighted by Crippen LogP contribution is -2.38. The van der Waals surface area contributed by atoms with E-state index in [9.17, 15) is 14.0 Å². The predicted octanol–water partition coefficient (Wildman–Crippen LogP) is 1.34. The molecule has 0 unspecified atom stereocenters. The Balaban J connectivity index is 2.81. The molecule has 5 heteroatoms. The number of amides is 2. The van der Waals surface area contributed by atoms with Gasteiger partial charge in [-0.05, 0) is 25.5 Å². The third-order valence-corrected chi connectivity index (χ3v) is 2.52. The van der Waals surface area contributed by atoms with Gasteiger partial charge in [-0.25, -0.2) is 4.39 Å². The summed E-state index contributed by atoms with van der Waals surface area (Å²) in [6.07, 6.45) is 0. The number of hydrogen-bond acceptors (Lipinski definition) is 2. The molecule has 4 nitrogen and oxygen atoms in total. The third-order valence-electron chi connectivity index (χ3n) is 2.52. The average molecular weight is 252 g/mol. The molecule has 0 radical (unpaired) electrons. The van der Waals surface area contributed by atoms with E-state index < -0.39 is 11.7 Å². The van der Waals surface area contributed by atoms with Crippen LogP contribution in [-0.4, -0.2) is 36.9 Å². The first-order valence-corrected chi connectivity index (χ1v) is 5.74. The Kier molecular flexibility index (Phi) is 4.83. The monoisotopic (exact) mass is 252 g/mol. The molecule has 0 saturated heterocycles. The highest BCUT2D eigenvalue weighted by Crippen LogP contribution is 2.13. The smallest absolute Gasteiger partial charge is 0.257 e. The molecule has 1 rings (SSSR count). The van der Waals surface area contributed by atoms with Crippen molar-refractivity contribution in [2.24, 2.45) is 0 Å². The minimum atomic E-state index is -0.537.